The molecule has 12 nitrogen and oxygen atoms in total. The lowest BCUT2D eigenvalue weighted by atomic mass is 9.43. The molecule has 0 radical (unpaired) electrons. The van der Waals surface area contributed by atoms with Crippen LogP contribution in [0.15, 0.2) is 85.2 Å². The van der Waals surface area contributed by atoms with Gasteiger partial charge < -0.3 is 39.6 Å². The van der Waals surface area contributed by atoms with Gasteiger partial charge >= 0.3 is 14.2 Å². The smallest absolute Gasteiger partial charge is 0.495 e. The number of anilines is 2. The Hall–Kier alpha value is -5.27. The molecule has 2 aliphatic heterocycles. The van der Waals surface area contributed by atoms with Crippen molar-refractivity contribution in [3.8, 4) is 33.8 Å². The fraction of sp³-hybridized carbons (Fsp3) is 0.391. The summed E-state index contributed by atoms with van der Waals surface area (Å²) >= 11 is 0. The molecule has 0 spiro atoms. The van der Waals surface area contributed by atoms with Crippen LogP contribution in [-0.2, 0) is 25.2 Å². The maximum Gasteiger partial charge on any atom is 0.495 e. The first-order chi connectivity index (χ1) is 28.6. The number of hydrogen-bond acceptors (Lipinski definition) is 11. The van der Waals surface area contributed by atoms with Gasteiger partial charge in [-0.25, -0.2) is 0 Å². The summed E-state index contributed by atoms with van der Waals surface area (Å²) in [5, 5.41) is 15.2. The molecule has 6 aromatic rings. The first-order valence-electron chi connectivity index (χ1n) is 20.8. The Bertz CT molecular complexity index is 2720. The zero-order valence-corrected chi connectivity index (χ0v) is 35.5. The van der Waals surface area contributed by atoms with Crippen LogP contribution < -0.4 is 36.5 Å². The monoisotopic (exact) mass is 805 g/mol. The number of rotatable bonds is 8. The van der Waals surface area contributed by atoms with E-state index in [0.717, 1.165) is 61.6 Å². The molecule has 2 bridgehead atoms. The van der Waals surface area contributed by atoms with Crippen molar-refractivity contribution >= 4 is 58.3 Å². The van der Waals surface area contributed by atoms with Crippen LogP contribution in [-0.4, -0.2) is 66.7 Å². The average molecular weight is 806 g/mol. The summed E-state index contributed by atoms with van der Waals surface area (Å²) in [6, 6.07) is 24.2. The number of nitrogens with two attached hydrogens (primary N) is 2. The van der Waals surface area contributed by atoms with Gasteiger partial charge in [-0.3, -0.25) is 0 Å². The summed E-state index contributed by atoms with van der Waals surface area (Å²) in [7, 11) is 2.24. The normalized spacial score (nSPS) is 26.3. The van der Waals surface area contributed by atoms with Gasteiger partial charge in [-0.05, 0) is 116 Å². The lowest BCUT2D eigenvalue weighted by molar-refractivity contribution is -0.762. The second-order valence-electron chi connectivity index (χ2n) is 18.6. The lowest BCUT2D eigenvalue weighted by Crippen LogP contribution is -2.65. The fourth-order valence-electron chi connectivity index (χ4n) is 10.4. The molecule has 2 saturated heterocycles. The Morgan fingerprint density at radius 1 is 0.733 bits per heavy atom. The van der Waals surface area contributed by atoms with Gasteiger partial charge in [0.05, 0.1) is 48.9 Å². The summed E-state index contributed by atoms with van der Waals surface area (Å²) in [4.78, 5) is 0. The summed E-state index contributed by atoms with van der Waals surface area (Å²) in [5.74, 6) is 2.61. The molecular weight excluding hydrogens is 754 g/mol. The molecule has 3 saturated carbocycles. The van der Waals surface area contributed by atoms with Crippen LogP contribution in [0.25, 0.3) is 44.1 Å². The molecule has 0 amide bonds. The molecular formula is C46H51B2N6O6+. The van der Waals surface area contributed by atoms with Gasteiger partial charge in [0, 0.05) is 27.0 Å². The number of nitrogens with zero attached hydrogens (tertiary/aromatic N) is 4. The van der Waals surface area contributed by atoms with E-state index in [-0.39, 0.29) is 17.1 Å². The molecule has 5 atom stereocenters. The minimum absolute atomic E-state index is 0.0879. The number of methoxy groups -OCH3 is 2. The zero-order valence-electron chi connectivity index (χ0n) is 35.5. The van der Waals surface area contributed by atoms with E-state index in [2.05, 4.69) is 62.2 Å². The van der Waals surface area contributed by atoms with Crippen molar-refractivity contribution < 1.29 is 32.8 Å². The average Bonchev–Trinajstić information content (AvgIpc) is 3.71. The van der Waals surface area contributed by atoms with Gasteiger partial charge in [-0.1, -0.05) is 54.9 Å². The van der Waals surface area contributed by atoms with Crippen molar-refractivity contribution in [1.29, 1.82) is 0 Å². The van der Waals surface area contributed by atoms with Crippen LogP contribution in [0.5, 0.6) is 11.5 Å². The minimum Gasteiger partial charge on any atom is -0.496 e. The third-order valence-electron chi connectivity index (χ3n) is 14.6. The van der Waals surface area contributed by atoms with Crippen molar-refractivity contribution in [2.75, 3.05) is 25.7 Å². The van der Waals surface area contributed by atoms with Crippen LogP contribution in [0.2, 0.25) is 0 Å². The van der Waals surface area contributed by atoms with E-state index in [1.54, 1.807) is 20.4 Å². The summed E-state index contributed by atoms with van der Waals surface area (Å²) < 4.78 is 40.6. The van der Waals surface area contributed by atoms with Gasteiger partial charge in [0.25, 0.3) is 0 Å². The van der Waals surface area contributed by atoms with Crippen molar-refractivity contribution in [2.45, 2.75) is 83.8 Å². The first kappa shape index (κ1) is 38.9. The molecule has 1 unspecified atom stereocenters. The highest BCUT2D eigenvalue weighted by Crippen LogP contribution is 2.65. The number of benzene rings is 4. The number of hydrogen-bond donors (Lipinski definition) is 2. The third kappa shape index (κ3) is 5.97. The molecule has 4 heterocycles. The van der Waals surface area contributed by atoms with Crippen molar-refractivity contribution in [3.05, 3.63) is 85.2 Å². The van der Waals surface area contributed by atoms with Crippen molar-refractivity contribution in [2.24, 2.45) is 17.3 Å². The van der Waals surface area contributed by atoms with Crippen LogP contribution in [0.1, 0.15) is 54.4 Å². The SMILES string of the molecule is COc1ccc(B2OC(C)(C)C(C)(C[n+]3cc(N)c4ccc(-c5cc(B6O[C@@H]7C[C@@H]8C[C@@H](C8(C)C)[C@]7(C)O6)ccc5OC)cc4n3)O2)cc1-c1ccc2c(N)cnnc2c1. The number of ether oxygens (including phenoxy) is 2. The Kier molecular flexibility index (Phi) is 8.83. The molecule has 306 valence electrons. The van der Waals surface area contributed by atoms with Crippen LogP contribution in [0, 0.1) is 17.3 Å². The highest BCUT2D eigenvalue weighted by Gasteiger charge is 2.68. The number of nitrogen functional groups attached to an aromatic ring is 2. The molecule has 5 fully saturated rings. The van der Waals surface area contributed by atoms with Crippen molar-refractivity contribution in [1.82, 2.24) is 15.3 Å². The highest BCUT2D eigenvalue weighted by atomic mass is 16.7. The zero-order chi connectivity index (χ0) is 41.9. The second-order valence-corrected chi connectivity index (χ2v) is 18.6. The predicted octanol–water partition coefficient (Wildman–Crippen LogP) is 5.90. The molecule has 4 N–H and O–H groups in total. The Morgan fingerprint density at radius 2 is 1.37 bits per heavy atom. The molecule has 14 heteroatoms. The Morgan fingerprint density at radius 3 is 2.02 bits per heavy atom. The van der Waals surface area contributed by atoms with Crippen LogP contribution in [0.4, 0.5) is 11.4 Å². The minimum atomic E-state index is -0.800. The topological polar surface area (TPSA) is 150 Å². The summed E-state index contributed by atoms with van der Waals surface area (Å²) in [5.41, 5.74) is 19.4. The highest BCUT2D eigenvalue weighted by molar-refractivity contribution is 6.62. The van der Waals surface area contributed by atoms with E-state index >= 15 is 0 Å². The van der Waals surface area contributed by atoms with Gasteiger partial charge in [0.15, 0.2) is 0 Å². The van der Waals surface area contributed by atoms with E-state index in [4.69, 9.17) is 44.7 Å². The molecule has 3 aliphatic carbocycles. The standard InChI is InChI=1S/C46H51B2N6O6/c1-43(2)28-19-41(43)46(6)42(20-28)57-47(60-46)29-11-15-39(55-7)33(21-29)27-10-14-32-36(50)24-54(53-38(32)18-27)25-45(5)44(3,4)58-48(59-45)30-12-16-40(56-8)34(22-30)26-9-13-31-35(49)23-51-52-37(31)17-26/h9-18,21-24,28,41-42H,19-20,25H2,1-8H3,(H2,49,52)(H2,50,53)/q+1/t28-,41-,42+,45?,46-/m0/s1. The predicted molar refractivity (Wildman–Crippen MR) is 234 cm³/mol. The van der Waals surface area contributed by atoms with E-state index < -0.39 is 25.4 Å². The maximum atomic E-state index is 6.86. The van der Waals surface area contributed by atoms with Gasteiger partial charge in [0.1, 0.15) is 28.3 Å². The van der Waals surface area contributed by atoms with E-state index in [9.17, 15) is 0 Å². The van der Waals surface area contributed by atoms with Gasteiger partial charge in [-0.15, -0.1) is 0 Å². The molecule has 2 aromatic heterocycles. The van der Waals surface area contributed by atoms with Gasteiger partial charge in [0.2, 0.25) is 12.7 Å². The molecule has 4 aromatic carbocycles. The summed E-state index contributed by atoms with van der Waals surface area (Å²) in [6.07, 6.45) is 5.75. The Balaban J connectivity index is 0.930. The van der Waals surface area contributed by atoms with E-state index in [1.807, 2.05) is 73.3 Å². The van der Waals surface area contributed by atoms with Crippen LogP contribution >= 0.6 is 0 Å². The van der Waals surface area contributed by atoms with Crippen LogP contribution in [0.3, 0.4) is 0 Å². The van der Waals surface area contributed by atoms with E-state index in [0.29, 0.717) is 41.0 Å². The quantitative estimate of drug-likeness (QED) is 0.140. The Labute approximate surface area is 351 Å². The van der Waals surface area contributed by atoms with Crippen molar-refractivity contribution in [3.63, 3.8) is 0 Å². The number of fused-ring (bicyclic) bond motifs is 2. The molecule has 5 aliphatic rings. The third-order valence-corrected chi connectivity index (χ3v) is 14.6. The first-order valence-corrected chi connectivity index (χ1v) is 20.8. The fourth-order valence-corrected chi connectivity index (χ4v) is 10.4. The van der Waals surface area contributed by atoms with Gasteiger partial charge in [-0.2, -0.15) is 10.2 Å². The molecule has 60 heavy (non-hydrogen) atoms. The lowest BCUT2D eigenvalue weighted by Gasteiger charge is -2.64. The second kappa shape index (κ2) is 13.6. The molecule has 11 rings (SSSR count). The maximum absolute atomic E-state index is 6.86. The largest absolute Gasteiger partial charge is 0.496 e. The summed E-state index contributed by atoms with van der Waals surface area (Å²) in [6.45, 7) is 13.5. The van der Waals surface area contributed by atoms with E-state index in [1.165, 1.54) is 6.42 Å². The number of aromatic nitrogens is 4.